The number of carbonyl (C=O) groups is 1. The van der Waals surface area contributed by atoms with Crippen LogP contribution < -0.4 is 5.32 Å². The normalized spacial score (nSPS) is 16.3. The van der Waals surface area contributed by atoms with Crippen molar-refractivity contribution in [1.29, 1.82) is 0 Å². The summed E-state index contributed by atoms with van der Waals surface area (Å²) in [6, 6.07) is 17.5. The van der Waals surface area contributed by atoms with E-state index in [1.165, 1.54) is 28.8 Å². The molecule has 1 aliphatic rings. The predicted molar refractivity (Wildman–Crippen MR) is 131 cm³/mol. The molecule has 2 heterocycles. The second kappa shape index (κ2) is 9.56. The fourth-order valence-corrected chi connectivity index (χ4v) is 5.68. The summed E-state index contributed by atoms with van der Waals surface area (Å²) in [7, 11) is 0. The largest absolute Gasteiger partial charge is 0.313 e. The number of hydrogen-bond acceptors (Lipinski definition) is 3. The lowest BCUT2D eigenvalue weighted by Gasteiger charge is -2.38. The molecule has 0 spiro atoms. The van der Waals surface area contributed by atoms with Gasteiger partial charge in [-0.25, -0.2) is 0 Å². The van der Waals surface area contributed by atoms with Crippen LogP contribution in [0.15, 0.2) is 54.6 Å². The fraction of sp³-hybridized carbons (Fsp3) is 0.346. The number of carbonyl (C=O) groups excluding carboxylic acids is 1. The van der Waals surface area contributed by atoms with Gasteiger partial charge in [-0.15, -0.1) is 11.3 Å². The average Bonchev–Trinajstić information content (AvgIpc) is 3.05. The molecule has 1 fully saturated rings. The van der Waals surface area contributed by atoms with Crippen LogP contribution in [0.1, 0.15) is 57.7 Å². The highest BCUT2D eigenvalue weighted by Crippen LogP contribution is 2.44. The molecular weight excluding hydrogens is 424 g/mol. The minimum absolute atomic E-state index is 0.0252. The molecule has 0 bridgehead atoms. The van der Waals surface area contributed by atoms with Gasteiger partial charge in [0.1, 0.15) is 5.00 Å². The van der Waals surface area contributed by atoms with Crippen LogP contribution in [-0.2, 0) is 0 Å². The summed E-state index contributed by atoms with van der Waals surface area (Å²) in [6.07, 6.45) is 2.35. The van der Waals surface area contributed by atoms with Gasteiger partial charge in [0.05, 0.1) is 6.04 Å². The maximum Gasteiger partial charge on any atom is 0.256 e. The maximum absolute atomic E-state index is 13.0. The molecule has 4 rings (SSSR count). The van der Waals surface area contributed by atoms with Gasteiger partial charge in [-0.05, 0) is 75.0 Å². The van der Waals surface area contributed by atoms with E-state index in [4.69, 9.17) is 11.6 Å². The number of amides is 1. The Morgan fingerprint density at radius 2 is 1.71 bits per heavy atom. The molecule has 2 aromatic carbocycles. The molecule has 0 radical (unpaired) electrons. The molecule has 3 nitrogen and oxygen atoms in total. The van der Waals surface area contributed by atoms with Crippen LogP contribution in [0.4, 0.5) is 5.00 Å². The quantitative estimate of drug-likeness (QED) is 0.448. The van der Waals surface area contributed by atoms with E-state index in [1.54, 1.807) is 11.3 Å². The molecule has 1 unspecified atom stereocenters. The van der Waals surface area contributed by atoms with Crippen LogP contribution in [0.3, 0.4) is 0 Å². The van der Waals surface area contributed by atoms with Crippen LogP contribution in [0.25, 0.3) is 0 Å². The smallest absolute Gasteiger partial charge is 0.256 e. The second-order valence-electron chi connectivity index (χ2n) is 8.49. The number of piperidine rings is 1. The summed E-state index contributed by atoms with van der Waals surface area (Å²) >= 11 is 8.37. The molecule has 31 heavy (non-hydrogen) atoms. The van der Waals surface area contributed by atoms with E-state index in [0.29, 0.717) is 5.56 Å². The van der Waals surface area contributed by atoms with E-state index in [1.807, 2.05) is 42.5 Å². The molecule has 5 heteroatoms. The maximum atomic E-state index is 13.0. The van der Waals surface area contributed by atoms with Gasteiger partial charge >= 0.3 is 0 Å². The van der Waals surface area contributed by atoms with E-state index in [9.17, 15) is 4.79 Å². The van der Waals surface area contributed by atoms with Crippen molar-refractivity contribution in [1.82, 2.24) is 4.90 Å². The first-order chi connectivity index (χ1) is 15.0. The summed E-state index contributed by atoms with van der Waals surface area (Å²) < 4.78 is 0. The molecule has 3 aromatic rings. The Morgan fingerprint density at radius 1 is 1.06 bits per heavy atom. The summed E-state index contributed by atoms with van der Waals surface area (Å²) in [5.74, 6) is 0.666. The van der Waals surface area contributed by atoms with Crippen molar-refractivity contribution in [3.8, 4) is 0 Å². The summed E-state index contributed by atoms with van der Waals surface area (Å²) in [5.41, 5.74) is 4.18. The van der Waals surface area contributed by atoms with Crippen LogP contribution >= 0.6 is 22.9 Å². The Bertz CT molecular complexity index is 1050. The molecule has 1 saturated heterocycles. The number of benzene rings is 2. The number of halogens is 1. The minimum Gasteiger partial charge on any atom is -0.313 e. The van der Waals surface area contributed by atoms with Crippen molar-refractivity contribution >= 4 is 33.8 Å². The second-order valence-corrected chi connectivity index (χ2v) is 10.1. The number of aryl methyl sites for hydroxylation is 1. The van der Waals surface area contributed by atoms with Crippen molar-refractivity contribution in [2.24, 2.45) is 5.92 Å². The highest BCUT2D eigenvalue weighted by molar-refractivity contribution is 7.16. The van der Waals surface area contributed by atoms with Crippen molar-refractivity contribution in [3.63, 3.8) is 0 Å². The molecule has 0 saturated carbocycles. The SMILES string of the molecule is Cc1sc(NC(=O)c2ccccc2)c(C(c2ccccc2Cl)N2CCC(C)CC2)c1C. The summed E-state index contributed by atoms with van der Waals surface area (Å²) in [5, 5.41) is 4.91. The molecule has 0 aliphatic carbocycles. The Balaban J connectivity index is 1.78. The molecular formula is C26H29ClN2OS. The number of rotatable bonds is 5. The summed E-state index contributed by atoms with van der Waals surface area (Å²) in [4.78, 5) is 16.7. The monoisotopic (exact) mass is 452 g/mol. The van der Waals surface area contributed by atoms with Crippen LogP contribution in [0, 0.1) is 19.8 Å². The van der Waals surface area contributed by atoms with E-state index in [-0.39, 0.29) is 11.9 Å². The van der Waals surface area contributed by atoms with Gasteiger partial charge < -0.3 is 5.32 Å². The lowest BCUT2D eigenvalue weighted by molar-refractivity contribution is 0.102. The van der Waals surface area contributed by atoms with Crippen LogP contribution in [-0.4, -0.2) is 23.9 Å². The molecule has 1 aromatic heterocycles. The predicted octanol–water partition coefficient (Wildman–Crippen LogP) is 7.09. The van der Waals surface area contributed by atoms with Crippen molar-refractivity contribution in [2.45, 2.75) is 39.7 Å². The van der Waals surface area contributed by atoms with Crippen molar-refractivity contribution in [3.05, 3.63) is 86.8 Å². The number of anilines is 1. The van der Waals surface area contributed by atoms with E-state index >= 15 is 0 Å². The molecule has 1 atom stereocenters. The van der Waals surface area contributed by atoms with E-state index in [2.05, 4.69) is 43.1 Å². The molecule has 1 amide bonds. The Kier molecular flexibility index (Phi) is 6.80. The van der Waals surface area contributed by atoms with E-state index in [0.717, 1.165) is 34.6 Å². The topological polar surface area (TPSA) is 32.3 Å². The lowest BCUT2D eigenvalue weighted by atomic mass is 9.91. The van der Waals surface area contributed by atoms with Gasteiger partial charge in [-0.1, -0.05) is 54.9 Å². The third-order valence-corrected chi connectivity index (χ3v) is 7.83. The highest BCUT2D eigenvalue weighted by atomic mass is 35.5. The molecule has 1 N–H and O–H groups in total. The van der Waals surface area contributed by atoms with Crippen LogP contribution in [0.5, 0.6) is 0 Å². The number of hydrogen-bond donors (Lipinski definition) is 1. The number of likely N-dealkylation sites (tertiary alicyclic amines) is 1. The van der Waals surface area contributed by atoms with Crippen molar-refractivity contribution < 1.29 is 4.79 Å². The van der Waals surface area contributed by atoms with Crippen LogP contribution in [0.2, 0.25) is 5.02 Å². The summed E-state index contributed by atoms with van der Waals surface area (Å²) in [6.45, 7) is 8.67. The third-order valence-electron chi connectivity index (χ3n) is 6.35. The van der Waals surface area contributed by atoms with Gasteiger partial charge in [-0.2, -0.15) is 0 Å². The van der Waals surface area contributed by atoms with Gasteiger partial charge in [0.15, 0.2) is 0 Å². The highest BCUT2D eigenvalue weighted by Gasteiger charge is 2.32. The Labute approximate surface area is 194 Å². The van der Waals surface area contributed by atoms with Gasteiger partial charge in [-0.3, -0.25) is 9.69 Å². The van der Waals surface area contributed by atoms with Gasteiger partial charge in [0, 0.05) is 21.0 Å². The number of nitrogens with zero attached hydrogens (tertiary/aromatic N) is 1. The third kappa shape index (κ3) is 4.72. The van der Waals surface area contributed by atoms with E-state index < -0.39 is 0 Å². The van der Waals surface area contributed by atoms with Gasteiger partial charge in [0.2, 0.25) is 0 Å². The zero-order valence-corrected chi connectivity index (χ0v) is 19.9. The Morgan fingerprint density at radius 3 is 2.39 bits per heavy atom. The minimum atomic E-state index is -0.0757. The molecule has 162 valence electrons. The van der Waals surface area contributed by atoms with Gasteiger partial charge in [0.25, 0.3) is 5.91 Å². The zero-order valence-electron chi connectivity index (χ0n) is 18.3. The lowest BCUT2D eigenvalue weighted by Crippen LogP contribution is -2.37. The van der Waals surface area contributed by atoms with Crippen molar-refractivity contribution in [2.75, 3.05) is 18.4 Å². The zero-order chi connectivity index (χ0) is 22.0. The average molecular weight is 453 g/mol. The number of nitrogens with one attached hydrogen (secondary N) is 1. The first kappa shape index (κ1) is 22.1. The number of thiophene rings is 1. The molecule has 1 aliphatic heterocycles. The Hall–Kier alpha value is -2.14. The standard InChI is InChI=1S/C26H29ClN2OS/c1-17-13-15-29(16-14-17)24(21-11-7-8-12-22(21)27)23-18(2)19(3)31-26(23)28-25(30)20-9-5-4-6-10-20/h4-12,17,24H,13-16H2,1-3H3,(H,28,30). The first-order valence-electron chi connectivity index (χ1n) is 10.9. The first-order valence-corrected chi connectivity index (χ1v) is 12.1. The fourth-order valence-electron chi connectivity index (χ4n) is 4.35.